The summed E-state index contributed by atoms with van der Waals surface area (Å²) < 4.78 is 0. The van der Waals surface area contributed by atoms with Crippen LogP contribution < -0.4 is 10.7 Å². The number of thiophene rings is 1. The standard InChI is InChI=1S/C13H11N3O2S2/c17-12(18)9-3-1-4-10(7-9)15-13(19)16-14-8-11-5-2-6-20-11/h1-8H,(H,17,18)(H2,15,16,19). The minimum Gasteiger partial charge on any atom is -0.478 e. The second-order valence-corrected chi connectivity index (χ2v) is 5.11. The minimum absolute atomic E-state index is 0.194. The van der Waals surface area contributed by atoms with Gasteiger partial charge in [-0.2, -0.15) is 5.10 Å². The highest BCUT2D eigenvalue weighted by molar-refractivity contribution is 7.80. The normalized spacial score (nSPS) is 10.4. The molecule has 0 bridgehead atoms. The third-order valence-corrected chi connectivity index (χ3v) is 3.27. The van der Waals surface area contributed by atoms with Crippen molar-refractivity contribution in [2.24, 2.45) is 5.10 Å². The van der Waals surface area contributed by atoms with E-state index in [-0.39, 0.29) is 5.56 Å². The van der Waals surface area contributed by atoms with Gasteiger partial charge >= 0.3 is 5.97 Å². The summed E-state index contributed by atoms with van der Waals surface area (Å²) in [5.41, 5.74) is 3.45. The van der Waals surface area contributed by atoms with E-state index in [4.69, 9.17) is 17.3 Å². The van der Waals surface area contributed by atoms with E-state index >= 15 is 0 Å². The van der Waals surface area contributed by atoms with Crippen LogP contribution in [0.4, 0.5) is 5.69 Å². The Kier molecular flexibility index (Phi) is 4.80. The Hall–Kier alpha value is -2.25. The maximum absolute atomic E-state index is 10.8. The summed E-state index contributed by atoms with van der Waals surface area (Å²) in [7, 11) is 0. The maximum atomic E-state index is 10.8. The van der Waals surface area contributed by atoms with Crippen LogP contribution in [0.15, 0.2) is 46.9 Å². The highest BCUT2D eigenvalue weighted by Gasteiger charge is 2.03. The molecule has 2 aromatic rings. The van der Waals surface area contributed by atoms with E-state index in [2.05, 4.69) is 15.8 Å². The summed E-state index contributed by atoms with van der Waals surface area (Å²) in [5, 5.41) is 18.0. The highest BCUT2D eigenvalue weighted by atomic mass is 32.1. The summed E-state index contributed by atoms with van der Waals surface area (Å²) in [6.07, 6.45) is 1.66. The molecule has 0 aliphatic carbocycles. The number of aromatic carboxylic acids is 1. The van der Waals surface area contributed by atoms with Crippen molar-refractivity contribution in [2.75, 3.05) is 5.32 Å². The van der Waals surface area contributed by atoms with E-state index in [0.29, 0.717) is 10.8 Å². The molecule has 3 N–H and O–H groups in total. The number of benzene rings is 1. The Balaban J connectivity index is 1.91. The molecule has 0 radical (unpaired) electrons. The number of rotatable bonds is 4. The number of anilines is 1. The van der Waals surface area contributed by atoms with Crippen molar-refractivity contribution in [3.8, 4) is 0 Å². The molecule has 0 aliphatic heterocycles. The SMILES string of the molecule is O=C(O)c1cccc(NC(=S)NN=Cc2cccs2)c1. The van der Waals surface area contributed by atoms with Crippen molar-refractivity contribution < 1.29 is 9.90 Å². The fraction of sp³-hybridized carbons (Fsp3) is 0. The van der Waals surface area contributed by atoms with Gasteiger partial charge in [-0.05, 0) is 41.9 Å². The molecule has 5 nitrogen and oxygen atoms in total. The van der Waals surface area contributed by atoms with Crippen LogP contribution in [0.2, 0.25) is 0 Å². The van der Waals surface area contributed by atoms with Gasteiger partial charge in [-0.25, -0.2) is 4.79 Å². The van der Waals surface area contributed by atoms with Gasteiger partial charge in [0.15, 0.2) is 5.11 Å². The molecule has 0 fully saturated rings. The molecule has 0 saturated heterocycles. The molecule has 0 aliphatic rings. The summed E-state index contributed by atoms with van der Waals surface area (Å²) in [6.45, 7) is 0. The van der Waals surface area contributed by atoms with Gasteiger partial charge in [0, 0.05) is 10.6 Å². The zero-order valence-corrected chi connectivity index (χ0v) is 11.9. The van der Waals surface area contributed by atoms with Crippen molar-refractivity contribution in [2.45, 2.75) is 0 Å². The molecule has 2 rings (SSSR count). The van der Waals surface area contributed by atoms with Gasteiger partial charge < -0.3 is 10.4 Å². The molecular formula is C13H11N3O2S2. The molecule has 0 amide bonds. The molecule has 1 aromatic carbocycles. The van der Waals surface area contributed by atoms with Crippen molar-refractivity contribution in [3.05, 3.63) is 52.2 Å². The maximum Gasteiger partial charge on any atom is 0.335 e. The number of hydrogen-bond donors (Lipinski definition) is 3. The third kappa shape index (κ3) is 4.15. The van der Waals surface area contributed by atoms with Gasteiger partial charge in [0.25, 0.3) is 0 Å². The molecule has 20 heavy (non-hydrogen) atoms. The first-order valence-electron chi connectivity index (χ1n) is 5.62. The largest absolute Gasteiger partial charge is 0.478 e. The second kappa shape index (κ2) is 6.78. The van der Waals surface area contributed by atoms with E-state index in [1.54, 1.807) is 29.7 Å². The van der Waals surface area contributed by atoms with E-state index in [1.807, 2.05) is 17.5 Å². The lowest BCUT2D eigenvalue weighted by Crippen LogP contribution is -2.23. The van der Waals surface area contributed by atoms with E-state index in [0.717, 1.165) is 4.88 Å². The first kappa shape index (κ1) is 14.2. The van der Waals surface area contributed by atoms with Gasteiger partial charge in [0.1, 0.15) is 0 Å². The molecular weight excluding hydrogens is 294 g/mol. The van der Waals surface area contributed by atoms with Crippen LogP contribution in [-0.4, -0.2) is 22.4 Å². The zero-order valence-electron chi connectivity index (χ0n) is 10.2. The molecule has 0 spiro atoms. The van der Waals surface area contributed by atoms with Crippen LogP contribution >= 0.6 is 23.6 Å². The van der Waals surface area contributed by atoms with Gasteiger partial charge in [-0.3, -0.25) is 5.43 Å². The van der Waals surface area contributed by atoms with Gasteiger partial charge in [0.05, 0.1) is 11.8 Å². The molecule has 0 saturated carbocycles. The quantitative estimate of drug-likeness (QED) is 0.460. The van der Waals surface area contributed by atoms with Gasteiger partial charge in [-0.15, -0.1) is 11.3 Å². The Morgan fingerprint density at radius 3 is 2.90 bits per heavy atom. The Bertz CT molecular complexity index is 639. The lowest BCUT2D eigenvalue weighted by atomic mass is 10.2. The number of nitrogens with zero attached hydrogens (tertiary/aromatic N) is 1. The van der Waals surface area contributed by atoms with Crippen LogP contribution in [0.3, 0.4) is 0 Å². The first-order valence-corrected chi connectivity index (χ1v) is 6.91. The average molecular weight is 305 g/mol. The van der Waals surface area contributed by atoms with Crippen LogP contribution in [-0.2, 0) is 0 Å². The van der Waals surface area contributed by atoms with Crippen LogP contribution in [0.25, 0.3) is 0 Å². The summed E-state index contributed by atoms with van der Waals surface area (Å²) in [4.78, 5) is 11.9. The topological polar surface area (TPSA) is 73.7 Å². The number of hydrogen-bond acceptors (Lipinski definition) is 4. The predicted octanol–water partition coefficient (Wildman–Crippen LogP) is 2.77. The third-order valence-electron chi connectivity index (χ3n) is 2.27. The number of hydrazone groups is 1. The Labute approximate surface area is 125 Å². The fourth-order valence-electron chi connectivity index (χ4n) is 1.41. The lowest BCUT2D eigenvalue weighted by Gasteiger charge is -2.07. The second-order valence-electron chi connectivity index (χ2n) is 3.73. The first-order chi connectivity index (χ1) is 9.65. The van der Waals surface area contributed by atoms with Crippen LogP contribution in [0.5, 0.6) is 0 Å². The van der Waals surface area contributed by atoms with Gasteiger partial charge in [0.2, 0.25) is 0 Å². The van der Waals surface area contributed by atoms with Crippen molar-refractivity contribution in [3.63, 3.8) is 0 Å². The highest BCUT2D eigenvalue weighted by Crippen LogP contribution is 2.10. The monoisotopic (exact) mass is 305 g/mol. The van der Waals surface area contributed by atoms with E-state index < -0.39 is 5.97 Å². The van der Waals surface area contributed by atoms with Gasteiger partial charge in [-0.1, -0.05) is 12.1 Å². The molecule has 0 unspecified atom stereocenters. The Morgan fingerprint density at radius 2 is 2.20 bits per heavy atom. The van der Waals surface area contributed by atoms with Crippen molar-refractivity contribution in [1.29, 1.82) is 0 Å². The number of carboxylic acid groups (broad SMARTS) is 1. The lowest BCUT2D eigenvalue weighted by molar-refractivity contribution is 0.0697. The van der Waals surface area contributed by atoms with E-state index in [9.17, 15) is 4.79 Å². The summed E-state index contributed by atoms with van der Waals surface area (Å²) >= 11 is 6.63. The number of thiocarbonyl (C=S) groups is 1. The van der Waals surface area contributed by atoms with Crippen LogP contribution in [0.1, 0.15) is 15.2 Å². The van der Waals surface area contributed by atoms with Crippen molar-refractivity contribution in [1.82, 2.24) is 5.43 Å². The average Bonchev–Trinajstić information content (AvgIpc) is 2.92. The fourth-order valence-corrected chi connectivity index (χ4v) is 2.16. The zero-order chi connectivity index (χ0) is 14.4. The molecule has 102 valence electrons. The molecule has 1 heterocycles. The smallest absolute Gasteiger partial charge is 0.335 e. The summed E-state index contributed by atoms with van der Waals surface area (Å²) in [5.74, 6) is -0.983. The Morgan fingerprint density at radius 1 is 1.35 bits per heavy atom. The van der Waals surface area contributed by atoms with Crippen molar-refractivity contribution >= 4 is 46.5 Å². The number of carboxylic acids is 1. The molecule has 0 atom stereocenters. The number of carbonyl (C=O) groups is 1. The van der Waals surface area contributed by atoms with Crippen LogP contribution in [0, 0.1) is 0 Å². The molecule has 7 heteroatoms. The summed E-state index contributed by atoms with van der Waals surface area (Å²) in [6, 6.07) is 10.2. The molecule has 1 aromatic heterocycles. The number of nitrogens with one attached hydrogen (secondary N) is 2. The van der Waals surface area contributed by atoms with E-state index in [1.165, 1.54) is 12.1 Å². The predicted molar refractivity (Wildman–Crippen MR) is 84.7 cm³/mol. The minimum atomic E-state index is -0.983.